The molecule has 4 N–H and O–H groups in total. The van der Waals surface area contributed by atoms with E-state index in [-0.39, 0.29) is 69.3 Å². The molecule has 0 spiro atoms. The highest BCUT2D eigenvalue weighted by Gasteiger charge is 2.56. The molecule has 5 atom stereocenters. The van der Waals surface area contributed by atoms with Gasteiger partial charge in [0.1, 0.15) is 34.0 Å². The molecule has 8 rings (SSSR count). The number of carbonyl (C=O) groups excluding carboxylic acids is 3. The molecule has 5 aliphatic rings. The standard InChI is InChI=1S/C38H35N3O9/c1-16-33(45)30(18(3)42)35-31(34(16)46)38(4)27(50-35)13-26(43)29(36(38)47)17(2)39-22-8-9-25-19(11-22)12-23(37(48)49)32-21-10-20(14-41(25)32)24-6-5-7-28(44)40(24)15-21/h5-9,11,13,20-21,23,32,39,45-46H,10,12,14-15H2,1-4H3,(H,48,49)/t20-,21-,23+,32-,38-/m0/s1. The third kappa shape index (κ3) is 4.20. The van der Waals surface area contributed by atoms with Gasteiger partial charge >= 0.3 is 5.97 Å². The number of pyridine rings is 1. The number of aliphatic carboxylic acids is 1. The quantitative estimate of drug-likeness (QED) is 0.178. The van der Waals surface area contributed by atoms with Crippen LogP contribution in [0.1, 0.15) is 65.9 Å². The molecule has 0 saturated carbocycles. The van der Waals surface area contributed by atoms with E-state index in [0.717, 1.165) is 23.4 Å². The Balaban J connectivity index is 1.15. The Labute approximate surface area is 286 Å². The van der Waals surface area contributed by atoms with Gasteiger partial charge in [-0.15, -0.1) is 0 Å². The number of carboxylic acid groups (broad SMARTS) is 1. The Morgan fingerprint density at radius 3 is 2.52 bits per heavy atom. The smallest absolute Gasteiger partial charge is 0.308 e. The van der Waals surface area contributed by atoms with E-state index in [9.17, 15) is 39.3 Å². The Kier molecular flexibility index (Phi) is 6.75. The highest BCUT2D eigenvalue weighted by Crippen LogP contribution is 2.57. The second-order valence-electron chi connectivity index (χ2n) is 14.2. The van der Waals surface area contributed by atoms with Gasteiger partial charge in [0, 0.05) is 65.5 Å². The van der Waals surface area contributed by atoms with Gasteiger partial charge in [0.05, 0.1) is 17.1 Å². The van der Waals surface area contributed by atoms with E-state index in [1.165, 1.54) is 26.8 Å². The van der Waals surface area contributed by atoms with E-state index >= 15 is 0 Å². The number of piperidine rings is 1. The fourth-order valence-electron chi connectivity index (χ4n) is 9.06. The summed E-state index contributed by atoms with van der Waals surface area (Å²) in [5.74, 6) is -4.41. The zero-order chi connectivity index (χ0) is 35.5. The summed E-state index contributed by atoms with van der Waals surface area (Å²) in [6, 6.07) is 10.6. The van der Waals surface area contributed by atoms with E-state index in [2.05, 4.69) is 10.2 Å². The number of nitrogens with one attached hydrogen (secondary N) is 1. The third-order valence-corrected chi connectivity index (χ3v) is 11.4. The maximum Gasteiger partial charge on any atom is 0.308 e. The van der Waals surface area contributed by atoms with Crippen LogP contribution in [-0.4, -0.2) is 55.8 Å². The van der Waals surface area contributed by atoms with Crippen LogP contribution < -0.4 is 20.5 Å². The summed E-state index contributed by atoms with van der Waals surface area (Å²) in [4.78, 5) is 67.9. The highest BCUT2D eigenvalue weighted by molar-refractivity contribution is 6.31. The van der Waals surface area contributed by atoms with Crippen LogP contribution in [-0.2, 0) is 32.8 Å². The van der Waals surface area contributed by atoms with Gasteiger partial charge in [0.15, 0.2) is 17.3 Å². The molecule has 3 aromatic rings. The fourth-order valence-corrected chi connectivity index (χ4v) is 9.06. The molecule has 0 unspecified atom stereocenters. The van der Waals surface area contributed by atoms with E-state index in [1.807, 2.05) is 24.3 Å². The zero-order valence-electron chi connectivity index (χ0n) is 27.9. The topological polar surface area (TPSA) is 175 Å². The molecule has 2 aromatic carbocycles. The number of allylic oxidation sites excluding steroid dienone is 4. The second-order valence-corrected chi connectivity index (χ2v) is 14.2. The number of carboxylic acids is 1. The van der Waals surface area contributed by atoms with Gasteiger partial charge in [-0.2, -0.15) is 0 Å². The summed E-state index contributed by atoms with van der Waals surface area (Å²) in [7, 11) is 0. The normalized spacial score (nSPS) is 26.8. The van der Waals surface area contributed by atoms with Gasteiger partial charge in [-0.3, -0.25) is 24.0 Å². The molecular weight excluding hydrogens is 642 g/mol. The van der Waals surface area contributed by atoms with Crippen LogP contribution in [0.25, 0.3) is 0 Å². The first-order chi connectivity index (χ1) is 23.7. The summed E-state index contributed by atoms with van der Waals surface area (Å²) in [6.07, 6.45) is 2.26. The van der Waals surface area contributed by atoms with Crippen molar-refractivity contribution in [1.82, 2.24) is 4.57 Å². The molecule has 12 heteroatoms. The molecule has 5 heterocycles. The van der Waals surface area contributed by atoms with Gasteiger partial charge in [-0.05, 0) is 76.3 Å². The Morgan fingerprint density at radius 1 is 1.04 bits per heavy atom. The average molecular weight is 678 g/mol. The summed E-state index contributed by atoms with van der Waals surface area (Å²) < 4.78 is 7.66. The number of aromatic hydroxyl groups is 2. The molecule has 256 valence electrons. The Morgan fingerprint density at radius 2 is 1.80 bits per heavy atom. The molecule has 1 saturated heterocycles. The number of fused-ring (bicyclic) bond motifs is 11. The van der Waals surface area contributed by atoms with Crippen LogP contribution in [0.2, 0.25) is 0 Å². The van der Waals surface area contributed by atoms with E-state index in [0.29, 0.717) is 18.8 Å². The van der Waals surface area contributed by atoms with Crippen molar-refractivity contribution in [2.24, 2.45) is 11.8 Å². The lowest BCUT2D eigenvalue weighted by Crippen LogP contribution is -2.60. The number of hydrogen-bond donors (Lipinski definition) is 4. The molecule has 12 nitrogen and oxygen atoms in total. The van der Waals surface area contributed by atoms with Crippen LogP contribution >= 0.6 is 0 Å². The number of ketones is 3. The van der Waals surface area contributed by atoms with E-state index in [1.54, 1.807) is 23.6 Å². The lowest BCUT2D eigenvalue weighted by molar-refractivity contribution is -0.143. The number of carbonyl (C=O) groups is 4. The Hall–Kier alpha value is -5.65. The SMILES string of the molecule is CC(=O)c1c(O)c(C)c(O)c2c1OC1=CC(=O)C(=C(C)Nc3ccc4c(c3)C[C@@H](C(=O)O)[C@@H]3[C@H]5C[C@@H](CN43)c3cccc(=O)n3C5)C(=O)[C@@]12C. The minimum absolute atomic E-state index is 0.00793. The van der Waals surface area contributed by atoms with Crippen molar-refractivity contribution >= 4 is 34.7 Å². The van der Waals surface area contributed by atoms with Gasteiger partial charge in [-0.1, -0.05) is 6.07 Å². The number of phenolic OH excluding ortho intramolecular Hbond substituents is 2. The predicted molar refractivity (Wildman–Crippen MR) is 181 cm³/mol. The lowest BCUT2D eigenvalue weighted by atomic mass is 9.70. The van der Waals surface area contributed by atoms with Crippen molar-refractivity contribution < 1.29 is 39.2 Å². The molecule has 2 bridgehead atoms. The summed E-state index contributed by atoms with van der Waals surface area (Å²) in [5.41, 5.74) is 1.45. The number of phenols is 2. The minimum Gasteiger partial charge on any atom is -0.507 e. The van der Waals surface area contributed by atoms with Crippen molar-refractivity contribution in [3.8, 4) is 17.2 Å². The van der Waals surface area contributed by atoms with Crippen molar-refractivity contribution in [1.29, 1.82) is 0 Å². The maximum atomic E-state index is 14.3. The van der Waals surface area contributed by atoms with Gasteiger partial charge in [-0.25, -0.2) is 0 Å². The van der Waals surface area contributed by atoms with Gasteiger partial charge in [0.2, 0.25) is 0 Å². The number of hydrogen-bond acceptors (Lipinski definition) is 10. The Bertz CT molecular complexity index is 2250. The highest BCUT2D eigenvalue weighted by atomic mass is 16.5. The molecular formula is C38H35N3O9. The summed E-state index contributed by atoms with van der Waals surface area (Å²) in [6.45, 7) is 6.81. The van der Waals surface area contributed by atoms with Crippen molar-refractivity contribution in [2.75, 3.05) is 16.8 Å². The number of nitrogens with zero attached hydrogens (tertiary/aromatic N) is 2. The largest absolute Gasteiger partial charge is 0.507 e. The first-order valence-corrected chi connectivity index (χ1v) is 16.6. The molecule has 0 radical (unpaired) electrons. The third-order valence-electron chi connectivity index (χ3n) is 11.4. The van der Waals surface area contributed by atoms with Gasteiger partial charge in [0.25, 0.3) is 5.56 Å². The molecule has 50 heavy (non-hydrogen) atoms. The van der Waals surface area contributed by atoms with Crippen molar-refractivity contribution in [3.63, 3.8) is 0 Å². The molecule has 1 fully saturated rings. The van der Waals surface area contributed by atoms with Crippen LogP contribution in [0.3, 0.4) is 0 Å². The minimum atomic E-state index is -1.65. The first kappa shape index (κ1) is 31.6. The summed E-state index contributed by atoms with van der Waals surface area (Å²) in [5, 5.41) is 35.3. The van der Waals surface area contributed by atoms with Crippen LogP contribution in [0, 0.1) is 18.8 Å². The average Bonchev–Trinajstić information content (AvgIpc) is 3.36. The second kappa shape index (κ2) is 10.7. The van der Waals surface area contributed by atoms with E-state index < -0.39 is 46.2 Å². The van der Waals surface area contributed by atoms with Crippen LogP contribution in [0.5, 0.6) is 17.2 Å². The number of Topliss-reactive ketones (excluding diaryl/α,β-unsaturated/α-hetero) is 2. The van der Waals surface area contributed by atoms with Gasteiger partial charge < -0.3 is 34.8 Å². The molecule has 0 amide bonds. The number of aromatic nitrogens is 1. The van der Waals surface area contributed by atoms with E-state index in [4.69, 9.17) is 4.74 Å². The molecule has 1 aromatic heterocycles. The monoisotopic (exact) mass is 677 g/mol. The number of benzene rings is 2. The maximum absolute atomic E-state index is 14.3. The zero-order valence-corrected chi connectivity index (χ0v) is 27.9. The number of ether oxygens (including phenoxy) is 1. The summed E-state index contributed by atoms with van der Waals surface area (Å²) >= 11 is 0. The number of anilines is 2. The first-order valence-electron chi connectivity index (χ1n) is 16.6. The van der Waals surface area contributed by atoms with Crippen LogP contribution in [0.15, 0.2) is 64.3 Å². The van der Waals surface area contributed by atoms with Crippen LogP contribution in [0.4, 0.5) is 11.4 Å². The molecule has 1 aliphatic carbocycles. The van der Waals surface area contributed by atoms with Crippen molar-refractivity contribution in [2.45, 2.75) is 64.5 Å². The predicted octanol–water partition coefficient (Wildman–Crippen LogP) is 4.09. The van der Waals surface area contributed by atoms with Crippen molar-refractivity contribution in [3.05, 3.63) is 97.8 Å². The molecule has 4 aliphatic heterocycles. The fraction of sp³-hybridized carbons (Fsp3) is 0.342. The lowest BCUT2D eigenvalue weighted by Gasteiger charge is -2.53. The number of rotatable bonds is 4.